The van der Waals surface area contributed by atoms with Gasteiger partial charge < -0.3 is 20.3 Å². The summed E-state index contributed by atoms with van der Waals surface area (Å²) in [4.78, 5) is 18.5. The number of benzene rings is 1. The Morgan fingerprint density at radius 2 is 2.00 bits per heavy atom. The number of anilines is 2. The van der Waals surface area contributed by atoms with Crippen molar-refractivity contribution in [3.8, 4) is 0 Å². The highest BCUT2D eigenvalue weighted by molar-refractivity contribution is 5.89. The molecule has 1 aromatic heterocycles. The van der Waals surface area contributed by atoms with Crippen LogP contribution in [0.1, 0.15) is 24.3 Å². The van der Waals surface area contributed by atoms with Gasteiger partial charge in [-0.05, 0) is 36.8 Å². The van der Waals surface area contributed by atoms with E-state index in [9.17, 15) is 4.79 Å². The summed E-state index contributed by atoms with van der Waals surface area (Å²) < 4.78 is 5.29. The summed E-state index contributed by atoms with van der Waals surface area (Å²) in [6, 6.07) is 13.1. The Hall–Kier alpha value is -2.60. The number of hydrogen-bond donors (Lipinski definition) is 2. The molecule has 6 heteroatoms. The minimum absolute atomic E-state index is 0.0206. The molecule has 2 amide bonds. The summed E-state index contributed by atoms with van der Waals surface area (Å²) >= 11 is 0. The summed E-state index contributed by atoms with van der Waals surface area (Å²) in [5, 5.41) is 5.64. The Morgan fingerprint density at radius 3 is 2.71 bits per heavy atom. The number of carbonyl (C=O) groups excluding carboxylic acids is 1. The van der Waals surface area contributed by atoms with Crippen molar-refractivity contribution in [2.75, 3.05) is 31.4 Å². The number of nitrogens with zero attached hydrogens (tertiary/aromatic N) is 2. The normalized spacial score (nSPS) is 11.7. The van der Waals surface area contributed by atoms with Crippen LogP contribution in [0, 0.1) is 0 Å². The minimum Gasteiger partial charge on any atom is -0.377 e. The highest BCUT2D eigenvalue weighted by atomic mass is 16.5. The van der Waals surface area contributed by atoms with Crippen molar-refractivity contribution in [2.45, 2.75) is 19.6 Å². The first-order valence-corrected chi connectivity index (χ1v) is 7.80. The van der Waals surface area contributed by atoms with Crippen LogP contribution >= 0.6 is 0 Å². The van der Waals surface area contributed by atoms with E-state index < -0.39 is 0 Å². The second kappa shape index (κ2) is 8.31. The minimum atomic E-state index is -0.269. The van der Waals surface area contributed by atoms with Crippen LogP contribution < -0.4 is 15.5 Å². The maximum Gasteiger partial charge on any atom is 0.319 e. The molecule has 0 spiro atoms. The SMILES string of the molecule is CO[C@@H](C)c1cccc(NC(=O)NCc2cccc(N(C)C)n2)c1. The fraction of sp³-hybridized carbons (Fsp3) is 0.333. The van der Waals surface area contributed by atoms with Gasteiger partial charge in [0.1, 0.15) is 5.82 Å². The smallest absolute Gasteiger partial charge is 0.319 e. The topological polar surface area (TPSA) is 66.5 Å². The summed E-state index contributed by atoms with van der Waals surface area (Å²) in [5.41, 5.74) is 2.54. The van der Waals surface area contributed by atoms with Gasteiger partial charge in [-0.3, -0.25) is 0 Å². The number of methoxy groups -OCH3 is 1. The fourth-order valence-corrected chi connectivity index (χ4v) is 2.17. The van der Waals surface area contributed by atoms with Crippen LogP contribution in [0.2, 0.25) is 0 Å². The zero-order valence-electron chi connectivity index (χ0n) is 14.5. The molecule has 2 aromatic rings. The maximum absolute atomic E-state index is 12.1. The Bertz CT molecular complexity index is 688. The first kappa shape index (κ1) is 17.7. The van der Waals surface area contributed by atoms with Crippen molar-refractivity contribution in [1.82, 2.24) is 10.3 Å². The van der Waals surface area contributed by atoms with E-state index in [4.69, 9.17) is 4.74 Å². The van der Waals surface area contributed by atoms with Gasteiger partial charge in [-0.2, -0.15) is 0 Å². The number of nitrogens with one attached hydrogen (secondary N) is 2. The summed E-state index contributed by atoms with van der Waals surface area (Å²) in [7, 11) is 5.52. The number of ether oxygens (including phenoxy) is 1. The third-order valence-corrected chi connectivity index (χ3v) is 3.65. The standard InChI is InChI=1S/C18H24N4O2/c1-13(24-4)14-7-5-8-15(11-14)21-18(23)19-12-16-9-6-10-17(20-16)22(2)3/h5-11,13H,12H2,1-4H3,(H2,19,21,23)/t13-/m0/s1. The monoisotopic (exact) mass is 328 g/mol. The molecule has 0 fully saturated rings. The molecule has 0 aliphatic heterocycles. The fourth-order valence-electron chi connectivity index (χ4n) is 2.17. The number of aromatic nitrogens is 1. The molecule has 0 saturated carbocycles. The molecule has 1 aromatic carbocycles. The van der Waals surface area contributed by atoms with Gasteiger partial charge in [0.15, 0.2) is 0 Å². The summed E-state index contributed by atoms with van der Waals surface area (Å²) in [5.74, 6) is 0.857. The molecule has 0 aliphatic carbocycles. The van der Waals surface area contributed by atoms with Gasteiger partial charge >= 0.3 is 6.03 Å². The molecule has 1 heterocycles. The Kier molecular flexibility index (Phi) is 6.14. The van der Waals surface area contributed by atoms with Crippen LogP contribution in [0.15, 0.2) is 42.5 Å². The molecule has 2 rings (SSSR count). The first-order valence-electron chi connectivity index (χ1n) is 7.80. The molecule has 2 N–H and O–H groups in total. The van der Waals surface area contributed by atoms with Gasteiger partial charge in [0, 0.05) is 26.9 Å². The molecule has 128 valence electrons. The highest BCUT2D eigenvalue weighted by Crippen LogP contribution is 2.19. The number of pyridine rings is 1. The van der Waals surface area contributed by atoms with E-state index in [1.165, 1.54) is 0 Å². The quantitative estimate of drug-likeness (QED) is 0.855. The van der Waals surface area contributed by atoms with Gasteiger partial charge in [0.25, 0.3) is 0 Å². The van der Waals surface area contributed by atoms with Gasteiger partial charge in [0.2, 0.25) is 0 Å². The third kappa shape index (κ3) is 4.96. The van der Waals surface area contributed by atoms with E-state index in [0.717, 1.165) is 22.8 Å². The van der Waals surface area contributed by atoms with Crippen LogP contribution in [0.25, 0.3) is 0 Å². The van der Waals surface area contributed by atoms with Gasteiger partial charge in [-0.1, -0.05) is 18.2 Å². The van der Waals surface area contributed by atoms with Crippen LogP contribution in [-0.2, 0) is 11.3 Å². The van der Waals surface area contributed by atoms with E-state index in [1.54, 1.807) is 7.11 Å². The lowest BCUT2D eigenvalue weighted by Gasteiger charge is -2.14. The van der Waals surface area contributed by atoms with Crippen molar-refractivity contribution in [3.05, 3.63) is 53.7 Å². The van der Waals surface area contributed by atoms with Gasteiger partial charge in [0.05, 0.1) is 18.3 Å². The second-order valence-corrected chi connectivity index (χ2v) is 5.69. The molecule has 0 saturated heterocycles. The van der Waals surface area contributed by atoms with Crippen molar-refractivity contribution < 1.29 is 9.53 Å². The molecule has 0 bridgehead atoms. The maximum atomic E-state index is 12.1. The molecular formula is C18H24N4O2. The number of hydrogen-bond acceptors (Lipinski definition) is 4. The van der Waals surface area contributed by atoms with Crippen molar-refractivity contribution in [3.63, 3.8) is 0 Å². The Labute approximate surface area is 142 Å². The molecule has 1 atom stereocenters. The molecule has 6 nitrogen and oxygen atoms in total. The van der Waals surface area contributed by atoms with Gasteiger partial charge in [-0.25, -0.2) is 9.78 Å². The van der Waals surface area contributed by atoms with Crippen LogP contribution in [0.5, 0.6) is 0 Å². The molecule has 0 radical (unpaired) electrons. The van der Waals surface area contributed by atoms with E-state index in [0.29, 0.717) is 6.54 Å². The van der Waals surface area contributed by atoms with Crippen molar-refractivity contribution in [2.24, 2.45) is 0 Å². The molecule has 24 heavy (non-hydrogen) atoms. The van der Waals surface area contributed by atoms with Crippen molar-refractivity contribution in [1.29, 1.82) is 0 Å². The average molecular weight is 328 g/mol. The van der Waals surface area contributed by atoms with Gasteiger partial charge in [-0.15, -0.1) is 0 Å². The Balaban J connectivity index is 1.93. The molecular weight excluding hydrogens is 304 g/mol. The van der Waals surface area contributed by atoms with Crippen LogP contribution in [0.4, 0.5) is 16.3 Å². The van der Waals surface area contributed by atoms with Crippen LogP contribution in [-0.4, -0.2) is 32.2 Å². The summed E-state index contributed by atoms with van der Waals surface area (Å²) in [6.07, 6.45) is -0.0206. The second-order valence-electron chi connectivity index (χ2n) is 5.69. The predicted molar refractivity (Wildman–Crippen MR) is 96.3 cm³/mol. The zero-order valence-corrected chi connectivity index (χ0v) is 14.5. The lowest BCUT2D eigenvalue weighted by Crippen LogP contribution is -2.28. The first-order chi connectivity index (χ1) is 11.5. The third-order valence-electron chi connectivity index (χ3n) is 3.65. The molecule has 0 aliphatic rings. The predicted octanol–water partition coefficient (Wildman–Crippen LogP) is 3.18. The average Bonchev–Trinajstić information content (AvgIpc) is 2.59. The van der Waals surface area contributed by atoms with E-state index >= 15 is 0 Å². The zero-order chi connectivity index (χ0) is 17.5. The van der Waals surface area contributed by atoms with Crippen molar-refractivity contribution >= 4 is 17.5 Å². The largest absolute Gasteiger partial charge is 0.377 e. The highest BCUT2D eigenvalue weighted by Gasteiger charge is 2.07. The van der Waals surface area contributed by atoms with E-state index in [-0.39, 0.29) is 12.1 Å². The van der Waals surface area contributed by atoms with Crippen LogP contribution in [0.3, 0.4) is 0 Å². The summed E-state index contributed by atoms with van der Waals surface area (Å²) in [6.45, 7) is 2.32. The van der Waals surface area contributed by atoms with E-state index in [2.05, 4.69) is 15.6 Å². The lowest BCUT2D eigenvalue weighted by molar-refractivity contribution is 0.119. The number of urea groups is 1. The molecule has 0 unspecified atom stereocenters. The Morgan fingerprint density at radius 1 is 1.25 bits per heavy atom. The lowest BCUT2D eigenvalue weighted by atomic mass is 10.1. The number of amides is 2. The number of carbonyl (C=O) groups is 1. The van der Waals surface area contributed by atoms with E-state index in [1.807, 2.05) is 68.4 Å². The number of rotatable bonds is 6.